The van der Waals surface area contributed by atoms with E-state index in [4.69, 9.17) is 9.47 Å². The Morgan fingerprint density at radius 1 is 1.22 bits per heavy atom. The van der Waals surface area contributed by atoms with Gasteiger partial charge in [-0.2, -0.15) is 4.31 Å². The Morgan fingerprint density at radius 2 is 1.93 bits per heavy atom. The van der Waals surface area contributed by atoms with Gasteiger partial charge in [-0.25, -0.2) is 13.4 Å². The van der Waals surface area contributed by atoms with E-state index in [9.17, 15) is 13.2 Å². The molecule has 156 valence electrons. The van der Waals surface area contributed by atoms with E-state index in [0.29, 0.717) is 49.8 Å². The summed E-state index contributed by atoms with van der Waals surface area (Å²) >= 11 is 1.30. The number of hydrogen-bond donors (Lipinski definition) is 1. The Morgan fingerprint density at radius 3 is 2.59 bits per heavy atom. The highest BCUT2D eigenvalue weighted by atomic mass is 32.2. The number of methoxy groups -OCH3 is 2. The summed E-state index contributed by atoms with van der Waals surface area (Å²) in [6.45, 7) is 4.09. The first kappa shape index (κ1) is 24.0. The maximum absolute atomic E-state index is 12.6. The van der Waals surface area contributed by atoms with Crippen LogP contribution < -0.4 is 5.32 Å². The number of sulfonamides is 1. The Kier molecular flexibility index (Phi) is 11.7. The zero-order valence-electron chi connectivity index (χ0n) is 16.4. The van der Waals surface area contributed by atoms with Gasteiger partial charge >= 0.3 is 0 Å². The van der Waals surface area contributed by atoms with Crippen LogP contribution in [-0.4, -0.2) is 69.9 Å². The molecule has 0 aromatic carbocycles. The Balaban J connectivity index is 2.71. The molecule has 0 aliphatic heterocycles. The first-order valence-electron chi connectivity index (χ1n) is 9.12. The first-order chi connectivity index (χ1) is 12.9. The molecule has 27 heavy (non-hydrogen) atoms. The standard InChI is InChI=1S/C17H31N3O5S2/c1-4-5-12-27(22,23)20(9-7-11-25-3)13-16-19-15(14-26-16)17(21)18-8-6-10-24-2/h14H,4-13H2,1-3H3,(H,18,21). The van der Waals surface area contributed by atoms with Crippen LogP contribution in [0.15, 0.2) is 5.38 Å². The average molecular weight is 422 g/mol. The number of rotatable bonds is 15. The minimum absolute atomic E-state index is 0.120. The topological polar surface area (TPSA) is 97.8 Å². The quantitative estimate of drug-likeness (QED) is 0.434. The lowest BCUT2D eigenvalue weighted by molar-refractivity contribution is 0.0944. The lowest BCUT2D eigenvalue weighted by Gasteiger charge is -2.21. The molecule has 1 N–H and O–H groups in total. The van der Waals surface area contributed by atoms with E-state index in [0.717, 1.165) is 12.8 Å². The third kappa shape index (κ3) is 9.11. The minimum atomic E-state index is -3.36. The molecule has 1 aromatic heterocycles. The van der Waals surface area contributed by atoms with E-state index in [2.05, 4.69) is 10.3 Å². The SMILES string of the molecule is CCCCS(=O)(=O)N(CCCOC)Cc1nc(C(=O)NCCCOC)cs1. The monoisotopic (exact) mass is 421 g/mol. The molecule has 0 radical (unpaired) electrons. The largest absolute Gasteiger partial charge is 0.385 e. The third-order valence-electron chi connectivity index (χ3n) is 3.81. The van der Waals surface area contributed by atoms with Crippen LogP contribution >= 0.6 is 11.3 Å². The zero-order chi connectivity index (χ0) is 20.1. The molecule has 0 fully saturated rings. The van der Waals surface area contributed by atoms with Crippen LogP contribution in [0.1, 0.15) is 48.1 Å². The van der Waals surface area contributed by atoms with E-state index >= 15 is 0 Å². The number of aromatic nitrogens is 1. The van der Waals surface area contributed by atoms with Gasteiger partial charge in [0.25, 0.3) is 5.91 Å². The molecule has 0 bridgehead atoms. The summed E-state index contributed by atoms with van der Waals surface area (Å²) in [6, 6.07) is 0. The second kappa shape index (κ2) is 13.2. The fourth-order valence-corrected chi connectivity index (χ4v) is 4.81. The van der Waals surface area contributed by atoms with E-state index in [1.165, 1.54) is 15.6 Å². The van der Waals surface area contributed by atoms with E-state index in [1.807, 2.05) is 6.92 Å². The van der Waals surface area contributed by atoms with E-state index in [-0.39, 0.29) is 18.2 Å². The summed E-state index contributed by atoms with van der Waals surface area (Å²) < 4.78 is 36.6. The molecule has 0 saturated heterocycles. The van der Waals surface area contributed by atoms with Crippen molar-refractivity contribution in [3.05, 3.63) is 16.1 Å². The highest BCUT2D eigenvalue weighted by Gasteiger charge is 2.23. The maximum Gasteiger partial charge on any atom is 0.270 e. The number of thiazole rings is 1. The van der Waals surface area contributed by atoms with Crippen molar-refractivity contribution < 1.29 is 22.7 Å². The molecule has 0 saturated carbocycles. The van der Waals surface area contributed by atoms with Crippen LogP contribution in [0.4, 0.5) is 0 Å². The number of carbonyl (C=O) groups is 1. The zero-order valence-corrected chi connectivity index (χ0v) is 18.0. The van der Waals surface area contributed by atoms with Gasteiger partial charge in [0.15, 0.2) is 0 Å². The van der Waals surface area contributed by atoms with Gasteiger partial charge in [-0.1, -0.05) is 13.3 Å². The molecular formula is C17H31N3O5S2. The number of ether oxygens (including phenoxy) is 2. The van der Waals surface area contributed by atoms with Crippen LogP contribution in [0.2, 0.25) is 0 Å². The van der Waals surface area contributed by atoms with Crippen molar-refractivity contribution in [1.82, 2.24) is 14.6 Å². The van der Waals surface area contributed by atoms with Gasteiger partial charge < -0.3 is 14.8 Å². The molecule has 0 atom stereocenters. The molecule has 1 rings (SSSR count). The highest BCUT2D eigenvalue weighted by Crippen LogP contribution is 2.16. The van der Waals surface area contributed by atoms with Crippen molar-refractivity contribution in [3.63, 3.8) is 0 Å². The van der Waals surface area contributed by atoms with Crippen molar-refractivity contribution in [2.24, 2.45) is 0 Å². The van der Waals surface area contributed by atoms with Crippen molar-refractivity contribution in [1.29, 1.82) is 0 Å². The Labute approximate surface area is 166 Å². The third-order valence-corrected chi connectivity index (χ3v) is 6.55. The molecule has 1 amide bonds. The summed E-state index contributed by atoms with van der Waals surface area (Å²) in [4.78, 5) is 16.4. The summed E-state index contributed by atoms with van der Waals surface area (Å²) in [5.41, 5.74) is 0.315. The van der Waals surface area contributed by atoms with Gasteiger partial charge in [-0.05, 0) is 19.3 Å². The molecule has 0 unspecified atom stereocenters. The number of amides is 1. The fraction of sp³-hybridized carbons (Fsp3) is 0.765. The number of carbonyl (C=O) groups excluding carboxylic acids is 1. The van der Waals surface area contributed by atoms with Crippen molar-refractivity contribution in [2.75, 3.05) is 46.3 Å². The summed E-state index contributed by atoms with van der Waals surface area (Å²) in [5, 5.41) is 5.04. The molecule has 10 heteroatoms. The average Bonchev–Trinajstić information content (AvgIpc) is 3.11. The van der Waals surface area contributed by atoms with E-state index in [1.54, 1.807) is 19.6 Å². The summed E-state index contributed by atoms with van der Waals surface area (Å²) in [7, 11) is -0.161. The predicted molar refractivity (Wildman–Crippen MR) is 107 cm³/mol. The van der Waals surface area contributed by atoms with Crippen LogP contribution in [0, 0.1) is 0 Å². The van der Waals surface area contributed by atoms with Crippen molar-refractivity contribution >= 4 is 27.3 Å². The molecule has 0 spiro atoms. The normalized spacial score (nSPS) is 11.9. The lowest BCUT2D eigenvalue weighted by Crippen LogP contribution is -2.34. The molecule has 0 aliphatic carbocycles. The van der Waals surface area contributed by atoms with Gasteiger partial charge in [0, 0.05) is 45.9 Å². The number of nitrogens with zero attached hydrogens (tertiary/aromatic N) is 2. The van der Waals surface area contributed by atoms with Gasteiger partial charge in [0.05, 0.1) is 12.3 Å². The second-order valence-electron chi connectivity index (χ2n) is 6.08. The number of unbranched alkanes of at least 4 members (excludes halogenated alkanes) is 1. The molecular weight excluding hydrogens is 390 g/mol. The smallest absolute Gasteiger partial charge is 0.270 e. The highest BCUT2D eigenvalue weighted by molar-refractivity contribution is 7.89. The molecule has 0 aliphatic rings. The van der Waals surface area contributed by atoms with Gasteiger partial charge in [-0.3, -0.25) is 4.79 Å². The van der Waals surface area contributed by atoms with Gasteiger partial charge in [-0.15, -0.1) is 11.3 Å². The molecule has 8 nitrogen and oxygen atoms in total. The van der Waals surface area contributed by atoms with Crippen LogP contribution in [-0.2, 0) is 26.0 Å². The Hall–Kier alpha value is -1.07. The molecule has 1 heterocycles. The van der Waals surface area contributed by atoms with Gasteiger partial charge in [0.1, 0.15) is 10.7 Å². The van der Waals surface area contributed by atoms with Gasteiger partial charge in [0.2, 0.25) is 10.0 Å². The fourth-order valence-electron chi connectivity index (χ4n) is 2.31. The summed E-state index contributed by atoms with van der Waals surface area (Å²) in [6.07, 6.45) is 2.77. The number of nitrogens with one attached hydrogen (secondary N) is 1. The van der Waals surface area contributed by atoms with Crippen molar-refractivity contribution in [3.8, 4) is 0 Å². The number of hydrogen-bond acceptors (Lipinski definition) is 7. The van der Waals surface area contributed by atoms with Crippen LogP contribution in [0.5, 0.6) is 0 Å². The second-order valence-corrected chi connectivity index (χ2v) is 9.11. The lowest BCUT2D eigenvalue weighted by atomic mass is 10.4. The molecule has 1 aromatic rings. The maximum atomic E-state index is 12.6. The van der Waals surface area contributed by atoms with Crippen LogP contribution in [0.25, 0.3) is 0 Å². The summed E-state index contributed by atoms with van der Waals surface area (Å²) in [5.74, 6) is -0.136. The van der Waals surface area contributed by atoms with Crippen molar-refractivity contribution in [2.45, 2.75) is 39.2 Å². The first-order valence-corrected chi connectivity index (χ1v) is 11.6. The van der Waals surface area contributed by atoms with Crippen LogP contribution in [0.3, 0.4) is 0 Å². The predicted octanol–water partition coefficient (Wildman–Crippen LogP) is 1.88. The minimum Gasteiger partial charge on any atom is -0.385 e. The Bertz CT molecular complexity index is 649. The van der Waals surface area contributed by atoms with E-state index < -0.39 is 10.0 Å².